The quantitative estimate of drug-likeness (QED) is 0.801. The number of amides is 2. The Bertz CT molecular complexity index is 494. The van der Waals surface area contributed by atoms with Gasteiger partial charge in [-0.1, -0.05) is 12.1 Å². The Balaban J connectivity index is 1.80. The average molecular weight is 275 g/mol. The first-order valence-corrected chi connectivity index (χ1v) is 6.98. The van der Waals surface area contributed by atoms with Crippen LogP contribution in [0.25, 0.3) is 0 Å². The monoisotopic (exact) mass is 275 g/mol. The smallest absolute Gasteiger partial charge is 0.222 e. The molecule has 1 aliphatic heterocycles. The summed E-state index contributed by atoms with van der Waals surface area (Å²) in [5.41, 5.74) is 12.8. The molecule has 0 spiro atoms. The summed E-state index contributed by atoms with van der Waals surface area (Å²) in [4.78, 5) is 25.0. The van der Waals surface area contributed by atoms with Crippen LogP contribution < -0.4 is 11.5 Å². The fourth-order valence-corrected chi connectivity index (χ4v) is 2.57. The molecule has 108 valence electrons. The minimum atomic E-state index is -0.253. The Morgan fingerprint density at radius 2 is 1.95 bits per heavy atom. The van der Waals surface area contributed by atoms with Crippen LogP contribution in [-0.4, -0.2) is 29.8 Å². The highest BCUT2D eigenvalue weighted by molar-refractivity contribution is 5.79. The summed E-state index contributed by atoms with van der Waals surface area (Å²) in [6.45, 7) is 1.26. The minimum Gasteiger partial charge on any atom is -0.399 e. The highest BCUT2D eigenvalue weighted by Gasteiger charge is 2.25. The van der Waals surface area contributed by atoms with Crippen molar-refractivity contribution in [2.24, 2.45) is 11.7 Å². The SMILES string of the molecule is NC(=O)C1CCN(C(=O)CCc2cccc(N)c2)CC1. The Hall–Kier alpha value is -2.04. The first kappa shape index (κ1) is 14.4. The van der Waals surface area contributed by atoms with E-state index in [0.29, 0.717) is 38.8 Å². The molecule has 1 fully saturated rings. The Morgan fingerprint density at radius 1 is 1.25 bits per heavy atom. The van der Waals surface area contributed by atoms with E-state index in [2.05, 4.69) is 0 Å². The summed E-state index contributed by atoms with van der Waals surface area (Å²) < 4.78 is 0. The number of hydrogen-bond acceptors (Lipinski definition) is 3. The van der Waals surface area contributed by atoms with Crippen molar-refractivity contribution in [1.29, 1.82) is 0 Å². The summed E-state index contributed by atoms with van der Waals surface area (Å²) in [5.74, 6) is -0.194. The number of carbonyl (C=O) groups excluding carboxylic acids is 2. The maximum Gasteiger partial charge on any atom is 0.222 e. The van der Waals surface area contributed by atoms with Gasteiger partial charge in [0, 0.05) is 31.1 Å². The number of rotatable bonds is 4. The zero-order valence-corrected chi connectivity index (χ0v) is 11.5. The van der Waals surface area contributed by atoms with Gasteiger partial charge in [0.1, 0.15) is 0 Å². The molecule has 20 heavy (non-hydrogen) atoms. The molecule has 0 saturated carbocycles. The van der Waals surface area contributed by atoms with E-state index < -0.39 is 0 Å². The number of likely N-dealkylation sites (tertiary alicyclic amines) is 1. The largest absolute Gasteiger partial charge is 0.399 e. The number of anilines is 1. The molecule has 0 radical (unpaired) electrons. The van der Waals surface area contributed by atoms with Crippen LogP contribution in [-0.2, 0) is 16.0 Å². The van der Waals surface area contributed by atoms with Crippen LogP contribution >= 0.6 is 0 Å². The highest BCUT2D eigenvalue weighted by Crippen LogP contribution is 2.18. The molecule has 0 atom stereocenters. The lowest BCUT2D eigenvalue weighted by atomic mass is 9.96. The topological polar surface area (TPSA) is 89.4 Å². The molecule has 1 aliphatic rings. The maximum absolute atomic E-state index is 12.1. The van der Waals surface area contributed by atoms with Crippen LogP contribution in [0.15, 0.2) is 24.3 Å². The third-order valence-electron chi connectivity index (χ3n) is 3.83. The van der Waals surface area contributed by atoms with Gasteiger partial charge in [0.05, 0.1) is 0 Å². The molecule has 1 heterocycles. The van der Waals surface area contributed by atoms with Crippen molar-refractivity contribution in [3.63, 3.8) is 0 Å². The van der Waals surface area contributed by atoms with Crippen molar-refractivity contribution in [2.75, 3.05) is 18.8 Å². The number of piperidine rings is 1. The number of nitrogen functional groups attached to an aromatic ring is 1. The van der Waals surface area contributed by atoms with Crippen molar-refractivity contribution in [3.05, 3.63) is 29.8 Å². The van der Waals surface area contributed by atoms with Crippen molar-refractivity contribution >= 4 is 17.5 Å². The molecule has 0 aromatic heterocycles. The zero-order valence-electron chi connectivity index (χ0n) is 11.5. The molecule has 1 aromatic rings. The van der Waals surface area contributed by atoms with Crippen molar-refractivity contribution in [3.8, 4) is 0 Å². The van der Waals surface area contributed by atoms with E-state index in [4.69, 9.17) is 11.5 Å². The van der Waals surface area contributed by atoms with Gasteiger partial charge in [-0.2, -0.15) is 0 Å². The predicted octanol–water partition coefficient (Wildman–Crippen LogP) is 0.925. The lowest BCUT2D eigenvalue weighted by Crippen LogP contribution is -2.41. The van der Waals surface area contributed by atoms with Crippen LogP contribution in [0.5, 0.6) is 0 Å². The van der Waals surface area contributed by atoms with Crippen LogP contribution in [0.4, 0.5) is 5.69 Å². The van der Waals surface area contributed by atoms with Crippen molar-refractivity contribution in [1.82, 2.24) is 4.90 Å². The molecule has 4 N–H and O–H groups in total. The average Bonchev–Trinajstić information content (AvgIpc) is 2.45. The number of primary amides is 1. The van der Waals surface area contributed by atoms with Crippen molar-refractivity contribution in [2.45, 2.75) is 25.7 Å². The van der Waals surface area contributed by atoms with Gasteiger partial charge in [-0.05, 0) is 37.0 Å². The fraction of sp³-hybridized carbons (Fsp3) is 0.467. The molecule has 0 aliphatic carbocycles. The van der Waals surface area contributed by atoms with E-state index in [1.165, 1.54) is 0 Å². The molecule has 0 bridgehead atoms. The van der Waals surface area contributed by atoms with Gasteiger partial charge < -0.3 is 16.4 Å². The third kappa shape index (κ3) is 3.73. The third-order valence-corrected chi connectivity index (χ3v) is 3.83. The first-order valence-electron chi connectivity index (χ1n) is 6.98. The second-order valence-electron chi connectivity index (χ2n) is 5.30. The molecule has 2 amide bonds. The Labute approximate surface area is 118 Å². The first-order chi connectivity index (χ1) is 9.56. The fourth-order valence-electron chi connectivity index (χ4n) is 2.57. The van der Waals surface area contributed by atoms with E-state index >= 15 is 0 Å². The number of carbonyl (C=O) groups is 2. The van der Waals surface area contributed by atoms with Gasteiger partial charge in [0.15, 0.2) is 0 Å². The van der Waals surface area contributed by atoms with Crippen LogP contribution in [0.2, 0.25) is 0 Å². The molecule has 2 rings (SSSR count). The molecule has 5 heteroatoms. The molecular weight excluding hydrogens is 254 g/mol. The van der Waals surface area contributed by atoms with Gasteiger partial charge in [-0.25, -0.2) is 0 Å². The highest BCUT2D eigenvalue weighted by atomic mass is 16.2. The Kier molecular flexibility index (Phi) is 4.61. The van der Waals surface area contributed by atoms with E-state index in [1.54, 1.807) is 0 Å². The molecule has 1 aromatic carbocycles. The van der Waals surface area contributed by atoms with Crippen LogP contribution in [0, 0.1) is 5.92 Å². The van der Waals surface area contributed by atoms with Crippen LogP contribution in [0.3, 0.4) is 0 Å². The van der Waals surface area contributed by atoms with E-state index in [-0.39, 0.29) is 17.7 Å². The van der Waals surface area contributed by atoms with Crippen molar-refractivity contribution < 1.29 is 9.59 Å². The van der Waals surface area contributed by atoms with E-state index in [9.17, 15) is 9.59 Å². The summed E-state index contributed by atoms with van der Waals surface area (Å²) in [7, 11) is 0. The van der Waals surface area contributed by atoms with Gasteiger partial charge in [0.25, 0.3) is 0 Å². The van der Waals surface area contributed by atoms with Gasteiger partial charge in [-0.15, -0.1) is 0 Å². The lowest BCUT2D eigenvalue weighted by Gasteiger charge is -2.30. The second kappa shape index (κ2) is 6.41. The predicted molar refractivity (Wildman–Crippen MR) is 77.7 cm³/mol. The maximum atomic E-state index is 12.1. The summed E-state index contributed by atoms with van der Waals surface area (Å²) >= 11 is 0. The van der Waals surface area contributed by atoms with E-state index in [0.717, 1.165) is 11.3 Å². The molecule has 0 unspecified atom stereocenters. The minimum absolute atomic E-state index is 0.0760. The number of aryl methyl sites for hydroxylation is 1. The molecular formula is C15H21N3O2. The number of nitrogens with two attached hydrogens (primary N) is 2. The van der Waals surface area contributed by atoms with Gasteiger partial charge in [-0.3, -0.25) is 9.59 Å². The standard InChI is InChI=1S/C15H21N3O2/c16-13-3-1-2-11(10-13)4-5-14(19)18-8-6-12(7-9-18)15(17)20/h1-3,10,12H,4-9,16H2,(H2,17,20). The second-order valence-corrected chi connectivity index (χ2v) is 5.30. The lowest BCUT2D eigenvalue weighted by molar-refractivity contribution is -0.134. The normalized spacial score (nSPS) is 16.1. The number of hydrogen-bond donors (Lipinski definition) is 2. The van der Waals surface area contributed by atoms with Crippen LogP contribution in [0.1, 0.15) is 24.8 Å². The van der Waals surface area contributed by atoms with Gasteiger partial charge >= 0.3 is 0 Å². The molecule has 5 nitrogen and oxygen atoms in total. The summed E-state index contributed by atoms with van der Waals surface area (Å²) in [5, 5.41) is 0. The summed E-state index contributed by atoms with van der Waals surface area (Å²) in [6, 6.07) is 7.60. The zero-order chi connectivity index (χ0) is 14.5. The van der Waals surface area contributed by atoms with Gasteiger partial charge in [0.2, 0.25) is 11.8 Å². The Morgan fingerprint density at radius 3 is 2.55 bits per heavy atom. The molecule has 1 saturated heterocycles. The van der Waals surface area contributed by atoms with E-state index in [1.807, 2.05) is 29.2 Å². The summed E-state index contributed by atoms with van der Waals surface area (Å²) in [6.07, 6.45) is 2.53. The number of benzene rings is 1. The number of nitrogens with zero attached hydrogens (tertiary/aromatic N) is 1.